The minimum absolute atomic E-state index is 0.0377. The van der Waals surface area contributed by atoms with Crippen LogP contribution in [0.25, 0.3) is 10.9 Å². The molecule has 1 atom stereocenters. The fourth-order valence-electron chi connectivity index (χ4n) is 3.82. The van der Waals surface area contributed by atoms with Crippen LogP contribution in [0.5, 0.6) is 0 Å². The summed E-state index contributed by atoms with van der Waals surface area (Å²) in [4.78, 5) is 33.2. The van der Waals surface area contributed by atoms with E-state index in [1.54, 1.807) is 4.57 Å². The Labute approximate surface area is 178 Å². The van der Waals surface area contributed by atoms with Crippen molar-refractivity contribution in [1.29, 1.82) is 0 Å². The van der Waals surface area contributed by atoms with Crippen LogP contribution in [0.3, 0.4) is 0 Å². The SMILES string of the molecule is CCCn1c(C(C)N(CC(C)C)C(=O)Cc2ccccc2)nc2ccccc2c1=O. The fraction of sp³-hybridized carbons (Fsp3) is 0.400. The van der Waals surface area contributed by atoms with Crippen LogP contribution in [0.1, 0.15) is 51.5 Å². The summed E-state index contributed by atoms with van der Waals surface area (Å²) in [5, 5.41) is 0.618. The largest absolute Gasteiger partial charge is 0.332 e. The van der Waals surface area contributed by atoms with Gasteiger partial charge in [-0.3, -0.25) is 14.2 Å². The average molecular weight is 406 g/mol. The van der Waals surface area contributed by atoms with Gasteiger partial charge in [0.15, 0.2) is 0 Å². The Hall–Kier alpha value is -2.95. The molecule has 30 heavy (non-hydrogen) atoms. The molecule has 5 heteroatoms. The Morgan fingerprint density at radius 2 is 1.70 bits per heavy atom. The highest BCUT2D eigenvalue weighted by atomic mass is 16.2. The predicted octanol–water partition coefficient (Wildman–Crippen LogP) is 4.59. The van der Waals surface area contributed by atoms with E-state index in [2.05, 4.69) is 13.8 Å². The third-order valence-electron chi connectivity index (χ3n) is 5.26. The first kappa shape index (κ1) is 21.8. The quantitative estimate of drug-likeness (QED) is 0.551. The van der Waals surface area contributed by atoms with Crippen LogP contribution in [0.2, 0.25) is 0 Å². The van der Waals surface area contributed by atoms with E-state index < -0.39 is 0 Å². The van der Waals surface area contributed by atoms with Gasteiger partial charge in [-0.25, -0.2) is 4.98 Å². The zero-order valence-electron chi connectivity index (χ0n) is 18.3. The number of aromatic nitrogens is 2. The molecular formula is C25H31N3O2. The summed E-state index contributed by atoms with van der Waals surface area (Å²) in [7, 11) is 0. The summed E-state index contributed by atoms with van der Waals surface area (Å²) in [5.74, 6) is 1.01. The molecule has 2 aromatic carbocycles. The summed E-state index contributed by atoms with van der Waals surface area (Å²) in [6, 6.07) is 16.9. The number of rotatable bonds is 8. The van der Waals surface area contributed by atoms with Gasteiger partial charge in [0.2, 0.25) is 5.91 Å². The molecule has 1 heterocycles. The lowest BCUT2D eigenvalue weighted by atomic mass is 10.1. The molecule has 0 fully saturated rings. The van der Waals surface area contributed by atoms with Gasteiger partial charge in [0.1, 0.15) is 5.82 Å². The third-order valence-corrected chi connectivity index (χ3v) is 5.26. The number of hydrogen-bond donors (Lipinski definition) is 0. The second-order valence-electron chi connectivity index (χ2n) is 8.22. The lowest BCUT2D eigenvalue weighted by Crippen LogP contribution is -2.40. The predicted molar refractivity (Wildman–Crippen MR) is 121 cm³/mol. The van der Waals surface area contributed by atoms with Crippen molar-refractivity contribution < 1.29 is 4.79 Å². The molecule has 0 N–H and O–H groups in total. The van der Waals surface area contributed by atoms with Crippen LogP contribution >= 0.6 is 0 Å². The Morgan fingerprint density at radius 1 is 1.03 bits per heavy atom. The highest BCUT2D eigenvalue weighted by molar-refractivity contribution is 5.80. The summed E-state index contributed by atoms with van der Waals surface area (Å²) in [5.41, 5.74) is 1.63. The van der Waals surface area contributed by atoms with Gasteiger partial charge in [-0.15, -0.1) is 0 Å². The second kappa shape index (κ2) is 9.70. The zero-order valence-corrected chi connectivity index (χ0v) is 18.3. The highest BCUT2D eigenvalue weighted by Gasteiger charge is 2.26. The molecule has 3 rings (SSSR count). The van der Waals surface area contributed by atoms with Gasteiger partial charge < -0.3 is 4.90 Å². The second-order valence-corrected chi connectivity index (χ2v) is 8.22. The summed E-state index contributed by atoms with van der Waals surface area (Å²) in [6.45, 7) is 9.42. The maximum absolute atomic E-state index is 13.3. The fourth-order valence-corrected chi connectivity index (χ4v) is 3.82. The molecule has 0 spiro atoms. The number of carbonyl (C=O) groups is 1. The van der Waals surface area contributed by atoms with Gasteiger partial charge in [0.05, 0.1) is 23.4 Å². The molecule has 0 radical (unpaired) electrons. The molecule has 0 aliphatic carbocycles. The van der Waals surface area contributed by atoms with Crippen LogP contribution in [0.15, 0.2) is 59.4 Å². The molecule has 1 aromatic heterocycles. The van der Waals surface area contributed by atoms with Crippen molar-refractivity contribution in [3.8, 4) is 0 Å². The molecule has 0 aliphatic heterocycles. The van der Waals surface area contributed by atoms with E-state index >= 15 is 0 Å². The number of carbonyl (C=O) groups excluding carboxylic acids is 1. The molecule has 158 valence electrons. The summed E-state index contributed by atoms with van der Waals surface area (Å²) >= 11 is 0. The van der Waals surface area contributed by atoms with E-state index in [0.29, 0.717) is 42.2 Å². The van der Waals surface area contributed by atoms with Gasteiger partial charge in [0, 0.05) is 13.1 Å². The lowest BCUT2D eigenvalue weighted by Gasteiger charge is -2.32. The van der Waals surface area contributed by atoms with Crippen LogP contribution < -0.4 is 5.56 Å². The normalized spacial score (nSPS) is 12.3. The zero-order chi connectivity index (χ0) is 21.7. The molecule has 1 unspecified atom stereocenters. The van der Waals surface area contributed by atoms with Crippen molar-refractivity contribution in [1.82, 2.24) is 14.5 Å². The molecular weight excluding hydrogens is 374 g/mol. The molecule has 0 aliphatic rings. The standard InChI is InChI=1S/C25H31N3O2/c1-5-15-27-24(26-22-14-10-9-13-21(22)25(27)30)19(4)28(17-18(2)3)23(29)16-20-11-7-6-8-12-20/h6-14,18-19H,5,15-17H2,1-4H3. The van der Waals surface area contributed by atoms with Crippen molar-refractivity contribution >= 4 is 16.8 Å². The number of hydrogen-bond acceptors (Lipinski definition) is 3. The van der Waals surface area contributed by atoms with Crippen molar-refractivity contribution in [2.45, 2.75) is 53.1 Å². The van der Waals surface area contributed by atoms with E-state index in [-0.39, 0.29) is 17.5 Å². The highest BCUT2D eigenvalue weighted by Crippen LogP contribution is 2.23. The number of amides is 1. The Kier molecular flexibility index (Phi) is 7.03. The van der Waals surface area contributed by atoms with Crippen molar-refractivity contribution in [3.05, 3.63) is 76.3 Å². The van der Waals surface area contributed by atoms with Gasteiger partial charge >= 0.3 is 0 Å². The van der Waals surface area contributed by atoms with Gasteiger partial charge in [0.25, 0.3) is 5.56 Å². The van der Waals surface area contributed by atoms with E-state index in [4.69, 9.17) is 4.98 Å². The van der Waals surface area contributed by atoms with Crippen molar-refractivity contribution in [3.63, 3.8) is 0 Å². The maximum Gasteiger partial charge on any atom is 0.261 e. The van der Waals surface area contributed by atoms with E-state index in [1.165, 1.54) is 0 Å². The monoisotopic (exact) mass is 405 g/mol. The number of fused-ring (bicyclic) bond motifs is 1. The first-order valence-corrected chi connectivity index (χ1v) is 10.7. The van der Waals surface area contributed by atoms with Gasteiger partial charge in [-0.05, 0) is 37.0 Å². The molecule has 0 bridgehead atoms. The maximum atomic E-state index is 13.3. The summed E-state index contributed by atoms with van der Waals surface area (Å²) in [6.07, 6.45) is 1.16. The van der Waals surface area contributed by atoms with Gasteiger partial charge in [-0.2, -0.15) is 0 Å². The Morgan fingerprint density at radius 3 is 2.37 bits per heavy atom. The average Bonchev–Trinajstić information content (AvgIpc) is 2.74. The number of nitrogens with zero attached hydrogens (tertiary/aromatic N) is 3. The molecule has 1 amide bonds. The van der Waals surface area contributed by atoms with E-state index in [0.717, 1.165) is 12.0 Å². The smallest absolute Gasteiger partial charge is 0.261 e. The minimum Gasteiger partial charge on any atom is -0.332 e. The molecule has 0 saturated heterocycles. The Bertz CT molecular complexity index is 1060. The molecule has 5 nitrogen and oxygen atoms in total. The molecule has 0 saturated carbocycles. The lowest BCUT2D eigenvalue weighted by molar-refractivity contribution is -0.133. The van der Waals surface area contributed by atoms with Crippen molar-refractivity contribution in [2.24, 2.45) is 5.92 Å². The first-order chi connectivity index (χ1) is 14.4. The van der Waals surface area contributed by atoms with Crippen LogP contribution in [0.4, 0.5) is 0 Å². The van der Waals surface area contributed by atoms with Crippen LogP contribution in [-0.4, -0.2) is 26.9 Å². The van der Waals surface area contributed by atoms with Crippen LogP contribution in [0, 0.1) is 5.92 Å². The summed E-state index contributed by atoms with van der Waals surface area (Å²) < 4.78 is 1.75. The first-order valence-electron chi connectivity index (χ1n) is 10.7. The minimum atomic E-state index is -0.299. The Balaban J connectivity index is 2.04. The number of benzene rings is 2. The van der Waals surface area contributed by atoms with Gasteiger partial charge in [-0.1, -0.05) is 63.2 Å². The van der Waals surface area contributed by atoms with E-state index in [1.807, 2.05) is 73.3 Å². The van der Waals surface area contributed by atoms with Crippen molar-refractivity contribution in [2.75, 3.05) is 6.54 Å². The van der Waals surface area contributed by atoms with E-state index in [9.17, 15) is 9.59 Å². The third kappa shape index (κ3) is 4.78. The van der Waals surface area contributed by atoms with Crippen LogP contribution in [-0.2, 0) is 17.8 Å². The molecule has 3 aromatic rings. The topological polar surface area (TPSA) is 55.2 Å². The number of para-hydroxylation sites is 1.